The van der Waals surface area contributed by atoms with Crippen molar-refractivity contribution in [2.75, 3.05) is 6.61 Å². The third kappa shape index (κ3) is 3.32. The van der Waals surface area contributed by atoms with Gasteiger partial charge in [0.25, 0.3) is 5.56 Å². The first-order valence-electron chi connectivity index (χ1n) is 7.51. The number of ether oxygens (including phenoxy) is 1. The van der Waals surface area contributed by atoms with Gasteiger partial charge >= 0.3 is 5.69 Å². The van der Waals surface area contributed by atoms with Crippen LogP contribution in [-0.4, -0.2) is 15.7 Å². The quantitative estimate of drug-likeness (QED) is 0.869. The maximum Gasteiger partial charge on any atom is 0.333 e. The molecule has 5 nitrogen and oxygen atoms in total. The monoisotopic (exact) mass is 316 g/mol. The van der Waals surface area contributed by atoms with Gasteiger partial charge in [0.05, 0.1) is 6.20 Å². The normalized spacial score (nSPS) is 17.9. The summed E-state index contributed by atoms with van der Waals surface area (Å²) in [4.78, 5) is 24.3. The molecular formula is C17H17FN2O3. The Morgan fingerprint density at radius 2 is 2.04 bits per heavy atom. The summed E-state index contributed by atoms with van der Waals surface area (Å²) in [5, 5.41) is 0. The van der Waals surface area contributed by atoms with Gasteiger partial charge in [-0.1, -0.05) is 42.5 Å². The largest absolute Gasteiger partial charge is 0.358 e. The highest BCUT2D eigenvalue weighted by atomic mass is 19.1. The van der Waals surface area contributed by atoms with E-state index in [1.54, 1.807) is 12.2 Å². The third-order valence-electron chi connectivity index (χ3n) is 3.77. The van der Waals surface area contributed by atoms with E-state index >= 15 is 0 Å². The van der Waals surface area contributed by atoms with Crippen LogP contribution in [0.4, 0.5) is 4.39 Å². The first kappa shape index (κ1) is 15.4. The van der Waals surface area contributed by atoms with Gasteiger partial charge in [-0.2, -0.15) is 4.39 Å². The average molecular weight is 316 g/mol. The Hall–Kier alpha value is -2.47. The number of halogens is 1. The van der Waals surface area contributed by atoms with Crippen LogP contribution in [0.1, 0.15) is 24.6 Å². The van der Waals surface area contributed by atoms with E-state index in [1.807, 2.05) is 30.3 Å². The van der Waals surface area contributed by atoms with Gasteiger partial charge in [-0.3, -0.25) is 13.9 Å². The van der Waals surface area contributed by atoms with Crippen molar-refractivity contribution >= 4 is 6.08 Å². The molecule has 1 saturated heterocycles. The fraction of sp³-hybridized carbons (Fsp3) is 0.294. The van der Waals surface area contributed by atoms with E-state index in [1.165, 1.54) is 4.57 Å². The van der Waals surface area contributed by atoms with E-state index < -0.39 is 23.3 Å². The van der Waals surface area contributed by atoms with Gasteiger partial charge in [0, 0.05) is 13.2 Å². The first-order valence-corrected chi connectivity index (χ1v) is 7.51. The third-order valence-corrected chi connectivity index (χ3v) is 3.77. The van der Waals surface area contributed by atoms with Crippen LogP contribution in [0.25, 0.3) is 6.08 Å². The van der Waals surface area contributed by atoms with Crippen LogP contribution >= 0.6 is 0 Å². The van der Waals surface area contributed by atoms with Crippen molar-refractivity contribution in [2.45, 2.75) is 25.6 Å². The summed E-state index contributed by atoms with van der Waals surface area (Å²) in [7, 11) is 0. The zero-order valence-corrected chi connectivity index (χ0v) is 12.5. The predicted molar refractivity (Wildman–Crippen MR) is 84.6 cm³/mol. The molecule has 6 heteroatoms. The number of aromatic nitrogens is 2. The summed E-state index contributed by atoms with van der Waals surface area (Å²) >= 11 is 0. The molecule has 0 saturated carbocycles. The molecule has 0 aliphatic carbocycles. The van der Waals surface area contributed by atoms with Crippen molar-refractivity contribution in [3.05, 3.63) is 74.8 Å². The maximum atomic E-state index is 13.9. The number of hydrogen-bond acceptors (Lipinski definition) is 3. The van der Waals surface area contributed by atoms with Crippen LogP contribution in [0.3, 0.4) is 0 Å². The second-order valence-corrected chi connectivity index (χ2v) is 5.36. The van der Waals surface area contributed by atoms with Crippen LogP contribution < -0.4 is 11.2 Å². The second kappa shape index (κ2) is 6.75. The SMILES string of the molecule is O=c1c(F)cn([C@@H]2CCCO2)c(=O)n1C/C=C/c1ccccc1. The lowest BCUT2D eigenvalue weighted by Gasteiger charge is -2.14. The maximum absolute atomic E-state index is 13.9. The molecule has 1 aliphatic heterocycles. The number of hydrogen-bond donors (Lipinski definition) is 0. The van der Waals surface area contributed by atoms with E-state index in [2.05, 4.69) is 0 Å². The molecule has 2 aromatic rings. The summed E-state index contributed by atoms with van der Waals surface area (Å²) in [6.45, 7) is 0.544. The number of benzene rings is 1. The summed E-state index contributed by atoms with van der Waals surface area (Å²) in [5.41, 5.74) is -0.528. The van der Waals surface area contributed by atoms with Gasteiger partial charge in [-0.05, 0) is 18.4 Å². The molecule has 1 fully saturated rings. The average Bonchev–Trinajstić information content (AvgIpc) is 3.09. The predicted octanol–water partition coefficient (Wildman–Crippen LogP) is 2.17. The topological polar surface area (TPSA) is 53.2 Å². The van der Waals surface area contributed by atoms with Crippen molar-refractivity contribution in [2.24, 2.45) is 0 Å². The van der Waals surface area contributed by atoms with Crippen LogP contribution in [0, 0.1) is 5.82 Å². The molecule has 2 heterocycles. The molecule has 120 valence electrons. The fourth-order valence-corrected chi connectivity index (χ4v) is 2.59. The Morgan fingerprint density at radius 3 is 2.74 bits per heavy atom. The van der Waals surface area contributed by atoms with Crippen molar-refractivity contribution in [1.82, 2.24) is 9.13 Å². The lowest BCUT2D eigenvalue weighted by molar-refractivity contribution is 0.0504. The molecule has 0 bridgehead atoms. The minimum atomic E-state index is -0.951. The molecule has 1 aliphatic rings. The smallest absolute Gasteiger partial charge is 0.333 e. The van der Waals surface area contributed by atoms with Gasteiger partial charge < -0.3 is 4.74 Å². The van der Waals surface area contributed by atoms with Crippen molar-refractivity contribution in [3.8, 4) is 0 Å². The minimum absolute atomic E-state index is 0.0110. The zero-order valence-electron chi connectivity index (χ0n) is 12.5. The molecule has 1 aromatic carbocycles. The van der Waals surface area contributed by atoms with E-state index in [-0.39, 0.29) is 6.54 Å². The molecule has 1 atom stereocenters. The van der Waals surface area contributed by atoms with E-state index in [4.69, 9.17) is 4.74 Å². The van der Waals surface area contributed by atoms with Gasteiger partial charge in [-0.25, -0.2) is 4.79 Å². The summed E-state index contributed by atoms with van der Waals surface area (Å²) in [6.07, 6.45) is 5.34. The molecule has 0 radical (unpaired) electrons. The van der Waals surface area contributed by atoms with Gasteiger partial charge in [0.15, 0.2) is 0 Å². The Bertz CT molecular complexity index is 818. The Kier molecular flexibility index (Phi) is 4.52. The van der Waals surface area contributed by atoms with Crippen molar-refractivity contribution < 1.29 is 9.13 Å². The van der Waals surface area contributed by atoms with Gasteiger partial charge in [0.2, 0.25) is 5.82 Å². The summed E-state index contributed by atoms with van der Waals surface area (Å²) in [5.74, 6) is -0.951. The molecule has 23 heavy (non-hydrogen) atoms. The van der Waals surface area contributed by atoms with Crippen molar-refractivity contribution in [1.29, 1.82) is 0 Å². The molecule has 0 amide bonds. The minimum Gasteiger partial charge on any atom is -0.358 e. The highest BCUT2D eigenvalue weighted by Crippen LogP contribution is 2.20. The lowest BCUT2D eigenvalue weighted by atomic mass is 10.2. The lowest BCUT2D eigenvalue weighted by Crippen LogP contribution is -2.42. The molecule has 0 unspecified atom stereocenters. The van der Waals surface area contributed by atoms with Crippen LogP contribution in [0.5, 0.6) is 0 Å². The molecule has 0 N–H and O–H groups in total. The highest BCUT2D eigenvalue weighted by Gasteiger charge is 2.21. The number of nitrogens with zero attached hydrogens (tertiary/aromatic N) is 2. The molecule has 3 rings (SSSR count). The summed E-state index contributed by atoms with van der Waals surface area (Å²) in [6, 6.07) is 9.47. The zero-order chi connectivity index (χ0) is 16.2. The second-order valence-electron chi connectivity index (χ2n) is 5.36. The number of rotatable bonds is 4. The Balaban J connectivity index is 1.90. The molecular weight excluding hydrogens is 299 g/mol. The Labute approximate surface area is 132 Å². The number of allylic oxidation sites excluding steroid dienone is 1. The van der Waals surface area contributed by atoms with Crippen LogP contribution in [-0.2, 0) is 11.3 Å². The van der Waals surface area contributed by atoms with Gasteiger partial charge in [0.1, 0.15) is 6.23 Å². The van der Waals surface area contributed by atoms with E-state index in [0.29, 0.717) is 13.0 Å². The van der Waals surface area contributed by atoms with E-state index in [9.17, 15) is 14.0 Å². The van der Waals surface area contributed by atoms with Crippen LogP contribution in [0.15, 0.2) is 52.2 Å². The van der Waals surface area contributed by atoms with E-state index in [0.717, 1.165) is 22.7 Å². The fourth-order valence-electron chi connectivity index (χ4n) is 2.59. The standard InChI is InChI=1S/C17H17FN2O3/c18-14-12-20(15-9-5-11-23-15)17(22)19(16(14)21)10-4-8-13-6-2-1-3-7-13/h1-4,6-8,12,15H,5,9-11H2/b8-4+/t15-/m0/s1. The van der Waals surface area contributed by atoms with Gasteiger partial charge in [-0.15, -0.1) is 0 Å². The molecule has 0 spiro atoms. The molecule has 1 aromatic heterocycles. The highest BCUT2D eigenvalue weighted by molar-refractivity contribution is 5.48. The summed E-state index contributed by atoms with van der Waals surface area (Å²) < 4.78 is 21.3. The van der Waals surface area contributed by atoms with Crippen molar-refractivity contribution in [3.63, 3.8) is 0 Å². The van der Waals surface area contributed by atoms with Crippen LogP contribution in [0.2, 0.25) is 0 Å². The Morgan fingerprint density at radius 1 is 1.26 bits per heavy atom. The first-order chi connectivity index (χ1) is 11.2.